The van der Waals surface area contributed by atoms with E-state index in [1.54, 1.807) is 31.2 Å². The smallest absolute Gasteiger partial charge is 0.338 e. The molecule has 0 spiro atoms. The highest BCUT2D eigenvalue weighted by molar-refractivity contribution is 5.89. The zero-order chi connectivity index (χ0) is 14.8. The van der Waals surface area contributed by atoms with Crippen LogP contribution in [-0.2, 0) is 9.47 Å². The normalized spacial score (nSPS) is 10.6. The molecule has 0 aliphatic heterocycles. The molecule has 0 atom stereocenters. The van der Waals surface area contributed by atoms with Crippen molar-refractivity contribution in [3.05, 3.63) is 29.8 Å². The van der Waals surface area contributed by atoms with E-state index in [9.17, 15) is 4.79 Å². The zero-order valence-corrected chi connectivity index (χ0v) is 12.6. The number of carbonyl (C=O) groups excluding carboxylic acids is 1. The predicted octanol–water partition coefficient (Wildman–Crippen LogP) is 3.30. The number of hydrogen-bond acceptors (Lipinski definition) is 4. The average Bonchev–Trinajstić information content (AvgIpc) is 2.43. The van der Waals surface area contributed by atoms with Gasteiger partial charge in [0.1, 0.15) is 12.4 Å². The van der Waals surface area contributed by atoms with Crippen LogP contribution < -0.4 is 4.74 Å². The Bertz CT molecular complexity index is 384. The van der Waals surface area contributed by atoms with Gasteiger partial charge < -0.3 is 14.2 Å². The van der Waals surface area contributed by atoms with Gasteiger partial charge in [0.2, 0.25) is 0 Å². The Morgan fingerprint density at radius 2 is 1.80 bits per heavy atom. The van der Waals surface area contributed by atoms with Gasteiger partial charge in [-0.15, -0.1) is 0 Å². The lowest BCUT2D eigenvalue weighted by atomic mass is 10.1. The molecule has 0 fully saturated rings. The zero-order valence-electron chi connectivity index (χ0n) is 12.6. The highest BCUT2D eigenvalue weighted by Gasteiger charge is 2.05. The van der Waals surface area contributed by atoms with Gasteiger partial charge in [-0.3, -0.25) is 0 Å². The van der Waals surface area contributed by atoms with Gasteiger partial charge in [-0.1, -0.05) is 13.8 Å². The Hall–Kier alpha value is -1.55. The van der Waals surface area contributed by atoms with Gasteiger partial charge in [0, 0.05) is 6.61 Å². The van der Waals surface area contributed by atoms with Crippen LogP contribution in [0.15, 0.2) is 24.3 Å². The van der Waals surface area contributed by atoms with Crippen molar-refractivity contribution in [3.63, 3.8) is 0 Å². The largest absolute Gasteiger partial charge is 0.491 e. The second kappa shape index (κ2) is 9.37. The van der Waals surface area contributed by atoms with Crippen molar-refractivity contribution < 1.29 is 19.0 Å². The highest BCUT2D eigenvalue weighted by Crippen LogP contribution is 2.13. The van der Waals surface area contributed by atoms with Crippen LogP contribution in [0.4, 0.5) is 0 Å². The van der Waals surface area contributed by atoms with Crippen LogP contribution >= 0.6 is 0 Å². The lowest BCUT2D eigenvalue weighted by Crippen LogP contribution is -2.09. The van der Waals surface area contributed by atoms with Crippen molar-refractivity contribution in [2.45, 2.75) is 27.2 Å². The SMILES string of the molecule is CCOC(=O)c1ccc(OCCOCCC(C)C)cc1. The number of benzene rings is 1. The monoisotopic (exact) mass is 280 g/mol. The lowest BCUT2D eigenvalue weighted by Gasteiger charge is -2.09. The minimum absolute atomic E-state index is 0.309. The van der Waals surface area contributed by atoms with Crippen LogP contribution in [0.25, 0.3) is 0 Å². The molecule has 1 aromatic rings. The Kier molecular flexibility index (Phi) is 7.73. The number of rotatable bonds is 9. The van der Waals surface area contributed by atoms with E-state index >= 15 is 0 Å². The summed E-state index contributed by atoms with van der Waals surface area (Å²) in [5.74, 6) is 1.08. The first-order valence-corrected chi connectivity index (χ1v) is 7.11. The second-order valence-electron chi connectivity index (χ2n) is 4.89. The Morgan fingerprint density at radius 1 is 1.10 bits per heavy atom. The van der Waals surface area contributed by atoms with Gasteiger partial charge in [-0.25, -0.2) is 4.79 Å². The first kappa shape index (κ1) is 16.5. The molecule has 1 aromatic carbocycles. The van der Waals surface area contributed by atoms with Crippen LogP contribution in [0.2, 0.25) is 0 Å². The number of hydrogen-bond donors (Lipinski definition) is 0. The molecule has 0 amide bonds. The van der Waals surface area contributed by atoms with Crippen molar-refractivity contribution in [1.82, 2.24) is 0 Å². The molecular weight excluding hydrogens is 256 g/mol. The van der Waals surface area contributed by atoms with Crippen LogP contribution in [0.3, 0.4) is 0 Å². The molecule has 0 heterocycles. The topological polar surface area (TPSA) is 44.8 Å². The molecule has 0 aromatic heterocycles. The molecule has 0 unspecified atom stereocenters. The van der Waals surface area contributed by atoms with E-state index in [-0.39, 0.29) is 5.97 Å². The average molecular weight is 280 g/mol. The lowest BCUT2D eigenvalue weighted by molar-refractivity contribution is 0.0526. The minimum Gasteiger partial charge on any atom is -0.491 e. The number of esters is 1. The molecule has 4 heteroatoms. The number of ether oxygens (including phenoxy) is 3. The van der Waals surface area contributed by atoms with Crippen molar-refractivity contribution in [2.75, 3.05) is 26.4 Å². The van der Waals surface area contributed by atoms with Gasteiger partial charge >= 0.3 is 5.97 Å². The molecule has 0 N–H and O–H groups in total. The maximum absolute atomic E-state index is 11.5. The van der Waals surface area contributed by atoms with Gasteiger partial charge in [-0.05, 0) is 43.5 Å². The van der Waals surface area contributed by atoms with E-state index in [0.29, 0.717) is 31.3 Å². The fourth-order valence-electron chi connectivity index (χ4n) is 1.54. The van der Waals surface area contributed by atoms with Crippen molar-refractivity contribution in [3.8, 4) is 5.75 Å². The quantitative estimate of drug-likeness (QED) is 0.514. The summed E-state index contributed by atoms with van der Waals surface area (Å²) in [5.41, 5.74) is 0.535. The minimum atomic E-state index is -0.309. The summed E-state index contributed by atoms with van der Waals surface area (Å²) < 4.78 is 15.9. The van der Waals surface area contributed by atoms with E-state index in [2.05, 4.69) is 13.8 Å². The summed E-state index contributed by atoms with van der Waals surface area (Å²) >= 11 is 0. The van der Waals surface area contributed by atoms with Crippen LogP contribution in [0.5, 0.6) is 5.75 Å². The van der Waals surface area contributed by atoms with Crippen LogP contribution in [-0.4, -0.2) is 32.4 Å². The third kappa shape index (κ3) is 6.57. The Labute approximate surface area is 121 Å². The fourth-order valence-corrected chi connectivity index (χ4v) is 1.54. The standard InChI is InChI=1S/C16H24O4/c1-4-19-16(17)14-5-7-15(8-6-14)20-12-11-18-10-9-13(2)3/h5-8,13H,4,9-12H2,1-3H3. The first-order valence-electron chi connectivity index (χ1n) is 7.11. The maximum atomic E-state index is 11.5. The van der Waals surface area contributed by atoms with Crippen molar-refractivity contribution >= 4 is 5.97 Å². The summed E-state index contributed by atoms with van der Waals surface area (Å²) in [6, 6.07) is 6.93. The molecule has 112 valence electrons. The van der Waals surface area contributed by atoms with Crippen molar-refractivity contribution in [2.24, 2.45) is 5.92 Å². The molecular formula is C16H24O4. The molecule has 0 saturated heterocycles. The van der Waals surface area contributed by atoms with E-state index in [0.717, 1.165) is 18.8 Å². The van der Waals surface area contributed by atoms with Crippen LogP contribution in [0.1, 0.15) is 37.6 Å². The predicted molar refractivity (Wildman–Crippen MR) is 78.2 cm³/mol. The second-order valence-corrected chi connectivity index (χ2v) is 4.89. The molecule has 0 aliphatic carbocycles. The summed E-state index contributed by atoms with van der Waals surface area (Å²) in [5, 5.41) is 0. The fraction of sp³-hybridized carbons (Fsp3) is 0.562. The molecule has 0 saturated carbocycles. The Balaban J connectivity index is 2.23. The Morgan fingerprint density at radius 3 is 2.40 bits per heavy atom. The molecule has 20 heavy (non-hydrogen) atoms. The van der Waals surface area contributed by atoms with Crippen LogP contribution in [0, 0.1) is 5.92 Å². The van der Waals surface area contributed by atoms with Gasteiger partial charge in [0.05, 0.1) is 18.8 Å². The third-order valence-corrected chi connectivity index (χ3v) is 2.70. The van der Waals surface area contributed by atoms with E-state index in [1.165, 1.54) is 0 Å². The van der Waals surface area contributed by atoms with Gasteiger partial charge in [0.15, 0.2) is 0 Å². The molecule has 0 aliphatic rings. The third-order valence-electron chi connectivity index (χ3n) is 2.70. The molecule has 0 radical (unpaired) electrons. The highest BCUT2D eigenvalue weighted by atomic mass is 16.5. The summed E-state index contributed by atoms with van der Waals surface area (Å²) in [6.07, 6.45) is 1.06. The maximum Gasteiger partial charge on any atom is 0.338 e. The summed E-state index contributed by atoms with van der Waals surface area (Å²) in [4.78, 5) is 11.5. The first-order chi connectivity index (χ1) is 9.63. The summed E-state index contributed by atoms with van der Waals surface area (Å²) in [6.45, 7) is 8.36. The number of carbonyl (C=O) groups is 1. The molecule has 0 bridgehead atoms. The van der Waals surface area contributed by atoms with E-state index in [4.69, 9.17) is 14.2 Å². The van der Waals surface area contributed by atoms with E-state index in [1.807, 2.05) is 0 Å². The molecule has 1 rings (SSSR count). The van der Waals surface area contributed by atoms with Crippen molar-refractivity contribution in [1.29, 1.82) is 0 Å². The van der Waals surface area contributed by atoms with Gasteiger partial charge in [-0.2, -0.15) is 0 Å². The van der Waals surface area contributed by atoms with E-state index < -0.39 is 0 Å². The molecule has 4 nitrogen and oxygen atoms in total. The summed E-state index contributed by atoms with van der Waals surface area (Å²) in [7, 11) is 0. The van der Waals surface area contributed by atoms with Gasteiger partial charge in [0.25, 0.3) is 0 Å².